The third-order valence-corrected chi connectivity index (χ3v) is 7.68. The van der Waals surface area contributed by atoms with Crippen molar-refractivity contribution in [2.45, 2.75) is 82.7 Å². The Balaban J connectivity index is 1.59. The van der Waals surface area contributed by atoms with Crippen LogP contribution in [0.4, 0.5) is 13.2 Å². The van der Waals surface area contributed by atoms with Gasteiger partial charge in [-0.15, -0.1) is 0 Å². The second-order valence-corrected chi connectivity index (χ2v) is 10.1. The molecule has 7 heteroatoms. The van der Waals surface area contributed by atoms with Crippen LogP contribution in [-0.2, 0) is 11.2 Å². The lowest BCUT2D eigenvalue weighted by atomic mass is 9.82. The van der Waals surface area contributed by atoms with Crippen molar-refractivity contribution in [2.75, 3.05) is 0 Å². The number of fused-ring (bicyclic) bond motifs is 1. The van der Waals surface area contributed by atoms with E-state index in [1.807, 2.05) is 4.57 Å². The number of imidazole rings is 1. The lowest BCUT2D eigenvalue weighted by molar-refractivity contribution is -0.127. The molecule has 2 aromatic carbocycles. The smallest absolute Gasteiger partial charge is 0.243 e. The molecule has 2 saturated carbocycles. The number of amides is 1. The molecule has 4 nitrogen and oxygen atoms in total. The average Bonchev–Trinajstić information content (AvgIpc) is 3.19. The Labute approximate surface area is 203 Å². The van der Waals surface area contributed by atoms with E-state index in [9.17, 15) is 18.0 Å². The Morgan fingerprint density at radius 2 is 1.57 bits per heavy atom. The minimum Gasteiger partial charge on any atom is -0.352 e. The molecule has 1 atom stereocenters. The van der Waals surface area contributed by atoms with E-state index in [-0.39, 0.29) is 24.3 Å². The summed E-state index contributed by atoms with van der Waals surface area (Å²) in [5, 5.41) is 3.31. The second-order valence-electron chi connectivity index (χ2n) is 10.1. The summed E-state index contributed by atoms with van der Waals surface area (Å²) in [5.41, 5.74) is 1.39. The molecular weight excluding hydrogens is 451 g/mol. The van der Waals surface area contributed by atoms with Crippen LogP contribution in [0, 0.1) is 23.4 Å². The summed E-state index contributed by atoms with van der Waals surface area (Å²) in [6.07, 6.45) is 10.6. The Bertz CT molecular complexity index is 1200. The van der Waals surface area contributed by atoms with Crippen LogP contribution < -0.4 is 5.32 Å². The van der Waals surface area contributed by atoms with E-state index >= 15 is 0 Å². The zero-order valence-electron chi connectivity index (χ0n) is 19.9. The van der Waals surface area contributed by atoms with Gasteiger partial charge < -0.3 is 9.88 Å². The van der Waals surface area contributed by atoms with Gasteiger partial charge in [0, 0.05) is 24.6 Å². The quantitative estimate of drug-likeness (QED) is 0.429. The highest BCUT2D eigenvalue weighted by molar-refractivity contribution is 5.85. The van der Waals surface area contributed by atoms with E-state index in [4.69, 9.17) is 0 Å². The highest BCUT2D eigenvalue weighted by atomic mass is 19.1. The molecule has 1 heterocycles. The molecule has 1 unspecified atom stereocenters. The molecule has 2 aliphatic carbocycles. The van der Waals surface area contributed by atoms with E-state index in [0.717, 1.165) is 63.9 Å². The van der Waals surface area contributed by atoms with Gasteiger partial charge in [0.15, 0.2) is 0 Å². The largest absolute Gasteiger partial charge is 0.352 e. The van der Waals surface area contributed by atoms with Crippen LogP contribution in [0.2, 0.25) is 0 Å². The van der Waals surface area contributed by atoms with Crippen molar-refractivity contribution >= 4 is 16.9 Å². The summed E-state index contributed by atoms with van der Waals surface area (Å²) < 4.78 is 44.1. The van der Waals surface area contributed by atoms with Crippen molar-refractivity contribution in [3.05, 3.63) is 65.2 Å². The Morgan fingerprint density at radius 1 is 0.914 bits per heavy atom. The van der Waals surface area contributed by atoms with Gasteiger partial charge in [-0.3, -0.25) is 4.79 Å². The Hall–Kier alpha value is -2.83. The predicted octanol–water partition coefficient (Wildman–Crippen LogP) is 6.61. The third kappa shape index (κ3) is 5.24. The molecule has 0 aliphatic heterocycles. The number of halogens is 3. The molecule has 0 bridgehead atoms. The van der Waals surface area contributed by atoms with Crippen molar-refractivity contribution in [3.63, 3.8) is 0 Å². The number of nitrogens with zero attached hydrogens (tertiary/aromatic N) is 2. The first kappa shape index (κ1) is 23.9. The van der Waals surface area contributed by atoms with E-state index < -0.39 is 23.5 Å². The first-order valence-corrected chi connectivity index (χ1v) is 12.9. The van der Waals surface area contributed by atoms with Crippen molar-refractivity contribution < 1.29 is 18.0 Å². The second kappa shape index (κ2) is 10.4. The SMILES string of the molecule is O=C(NC1CCCCC1)C(C1CCCCC1)n1c(Cc2ccc(F)cc2F)nc2cc(F)ccc21. The van der Waals surface area contributed by atoms with Gasteiger partial charge in [0.1, 0.15) is 29.3 Å². The monoisotopic (exact) mass is 483 g/mol. The fraction of sp³-hybridized carbons (Fsp3) is 0.500. The highest BCUT2D eigenvalue weighted by Crippen LogP contribution is 2.37. The molecule has 0 saturated heterocycles. The summed E-state index contributed by atoms with van der Waals surface area (Å²) in [4.78, 5) is 18.5. The maximum atomic E-state index is 14.6. The molecule has 35 heavy (non-hydrogen) atoms. The lowest BCUT2D eigenvalue weighted by Gasteiger charge is -2.33. The Morgan fingerprint density at radius 3 is 2.29 bits per heavy atom. The normalized spacial score (nSPS) is 18.6. The summed E-state index contributed by atoms with van der Waals surface area (Å²) in [6, 6.07) is 7.53. The zero-order chi connectivity index (χ0) is 24.4. The van der Waals surface area contributed by atoms with E-state index in [2.05, 4.69) is 10.3 Å². The average molecular weight is 484 g/mol. The van der Waals surface area contributed by atoms with Gasteiger partial charge in [-0.05, 0) is 55.4 Å². The molecule has 5 rings (SSSR count). The van der Waals surface area contributed by atoms with Crippen LogP contribution in [0.1, 0.15) is 81.6 Å². The molecule has 1 amide bonds. The van der Waals surface area contributed by atoms with Crippen molar-refractivity contribution in [1.82, 2.24) is 14.9 Å². The number of hydrogen-bond donors (Lipinski definition) is 1. The summed E-state index contributed by atoms with van der Waals surface area (Å²) >= 11 is 0. The number of hydrogen-bond acceptors (Lipinski definition) is 2. The van der Waals surface area contributed by atoms with Crippen molar-refractivity contribution in [3.8, 4) is 0 Å². The molecule has 0 radical (unpaired) electrons. The fourth-order valence-electron chi connectivity index (χ4n) is 5.92. The fourth-order valence-corrected chi connectivity index (χ4v) is 5.92. The first-order valence-electron chi connectivity index (χ1n) is 12.9. The third-order valence-electron chi connectivity index (χ3n) is 7.68. The molecule has 1 N–H and O–H groups in total. The number of carbonyl (C=O) groups excluding carboxylic acids is 1. The van der Waals surface area contributed by atoms with E-state index in [1.165, 1.54) is 30.7 Å². The minimum absolute atomic E-state index is 0.0340. The molecular formula is C28H32F3N3O. The van der Waals surface area contributed by atoms with Gasteiger partial charge in [-0.2, -0.15) is 0 Å². The summed E-state index contributed by atoms with van der Waals surface area (Å²) in [7, 11) is 0. The van der Waals surface area contributed by atoms with Crippen LogP contribution in [0.25, 0.3) is 11.0 Å². The molecule has 186 valence electrons. The van der Waals surface area contributed by atoms with Gasteiger partial charge in [0.05, 0.1) is 11.0 Å². The molecule has 1 aromatic heterocycles. The summed E-state index contributed by atoms with van der Waals surface area (Å²) in [6.45, 7) is 0. The van der Waals surface area contributed by atoms with Gasteiger partial charge in [0.25, 0.3) is 0 Å². The lowest BCUT2D eigenvalue weighted by Crippen LogP contribution is -2.43. The number of benzene rings is 2. The Kier molecular flexibility index (Phi) is 7.12. The highest BCUT2D eigenvalue weighted by Gasteiger charge is 2.35. The number of nitrogens with one attached hydrogen (secondary N) is 1. The molecule has 2 fully saturated rings. The van der Waals surface area contributed by atoms with Gasteiger partial charge in [0.2, 0.25) is 5.91 Å². The van der Waals surface area contributed by atoms with Crippen molar-refractivity contribution in [2.24, 2.45) is 5.92 Å². The van der Waals surface area contributed by atoms with E-state index in [1.54, 1.807) is 6.07 Å². The topological polar surface area (TPSA) is 46.9 Å². The minimum atomic E-state index is -0.657. The summed E-state index contributed by atoms with van der Waals surface area (Å²) in [5.74, 6) is -1.14. The van der Waals surface area contributed by atoms with Gasteiger partial charge in [-0.1, -0.05) is 44.6 Å². The van der Waals surface area contributed by atoms with Crippen LogP contribution in [0.5, 0.6) is 0 Å². The standard InChI is InChI=1S/C28H32F3N3O/c29-20-12-11-19(23(31)16-20)15-26-33-24-17-21(30)13-14-25(24)34(26)27(18-7-3-1-4-8-18)28(35)32-22-9-5-2-6-10-22/h11-14,16-18,22,27H,1-10,15H2,(H,32,35). The van der Waals surface area contributed by atoms with E-state index in [0.29, 0.717) is 22.4 Å². The van der Waals surface area contributed by atoms with Crippen molar-refractivity contribution in [1.29, 1.82) is 0 Å². The van der Waals surface area contributed by atoms with Crippen LogP contribution >= 0.6 is 0 Å². The van der Waals surface area contributed by atoms with Crippen LogP contribution in [0.3, 0.4) is 0 Å². The molecule has 0 spiro atoms. The number of carbonyl (C=O) groups is 1. The van der Waals surface area contributed by atoms with Gasteiger partial charge in [-0.25, -0.2) is 18.2 Å². The number of rotatable bonds is 6. The van der Waals surface area contributed by atoms with Crippen LogP contribution in [-0.4, -0.2) is 21.5 Å². The number of aromatic nitrogens is 2. The first-order chi connectivity index (χ1) is 17.0. The maximum Gasteiger partial charge on any atom is 0.243 e. The maximum absolute atomic E-state index is 14.6. The molecule has 3 aromatic rings. The zero-order valence-corrected chi connectivity index (χ0v) is 19.9. The van der Waals surface area contributed by atoms with Gasteiger partial charge >= 0.3 is 0 Å². The molecule has 2 aliphatic rings. The van der Waals surface area contributed by atoms with Crippen LogP contribution in [0.15, 0.2) is 36.4 Å². The predicted molar refractivity (Wildman–Crippen MR) is 129 cm³/mol.